The van der Waals surface area contributed by atoms with Gasteiger partial charge < -0.3 is 25.1 Å². The van der Waals surface area contributed by atoms with E-state index in [1.54, 1.807) is 42.7 Å². The lowest BCUT2D eigenvalue weighted by Crippen LogP contribution is -2.28. The molecule has 29 heavy (non-hydrogen) atoms. The van der Waals surface area contributed by atoms with Gasteiger partial charge in [-0.05, 0) is 48.5 Å². The zero-order valence-electron chi connectivity index (χ0n) is 15.5. The van der Waals surface area contributed by atoms with Gasteiger partial charge in [-0.1, -0.05) is 18.2 Å². The number of furan rings is 1. The van der Waals surface area contributed by atoms with Crippen LogP contribution < -0.4 is 20.7 Å². The minimum absolute atomic E-state index is 0.221. The molecule has 2 heterocycles. The largest absolute Gasteiger partial charge is 0.488 e. The predicted octanol–water partition coefficient (Wildman–Crippen LogP) is 4.02. The van der Waals surface area contributed by atoms with Gasteiger partial charge in [0.15, 0.2) is 0 Å². The first-order valence-corrected chi connectivity index (χ1v) is 9.08. The van der Waals surface area contributed by atoms with E-state index in [1.807, 2.05) is 30.3 Å². The average molecular weight is 389 g/mol. The lowest BCUT2D eigenvalue weighted by atomic mass is 10.1. The van der Waals surface area contributed by atoms with Crippen LogP contribution in [0.4, 0.5) is 16.2 Å². The Hall–Kier alpha value is -4.00. The summed E-state index contributed by atoms with van der Waals surface area (Å²) in [5, 5.41) is 8.26. The zero-order chi connectivity index (χ0) is 20.1. The molecule has 146 valence electrons. The van der Waals surface area contributed by atoms with Crippen LogP contribution in [0.1, 0.15) is 11.3 Å². The zero-order valence-corrected chi connectivity index (χ0v) is 15.5. The molecule has 0 atom stereocenters. The van der Waals surface area contributed by atoms with Gasteiger partial charge in [-0.2, -0.15) is 0 Å². The Kier molecular flexibility index (Phi) is 5.29. The lowest BCUT2D eigenvalue weighted by Gasteiger charge is -2.17. The van der Waals surface area contributed by atoms with Crippen LogP contribution in [0.3, 0.4) is 0 Å². The first-order valence-electron chi connectivity index (χ1n) is 9.08. The van der Waals surface area contributed by atoms with E-state index in [9.17, 15) is 9.59 Å². The summed E-state index contributed by atoms with van der Waals surface area (Å²) in [7, 11) is 0. The van der Waals surface area contributed by atoms with E-state index < -0.39 is 0 Å². The molecule has 7 nitrogen and oxygen atoms in total. The fourth-order valence-corrected chi connectivity index (χ4v) is 2.85. The van der Waals surface area contributed by atoms with E-state index in [-0.39, 0.29) is 18.5 Å². The summed E-state index contributed by atoms with van der Waals surface area (Å²) in [6.45, 7) is 0.519. The Morgan fingerprint density at radius 1 is 0.897 bits per heavy atom. The SMILES string of the molecule is O=C(NCc1ccco1)Nc1ccc(NC(=O)C2=Cc3ccccc3OC2)cc1. The Bertz CT molecular complexity index is 1040. The molecule has 0 saturated heterocycles. The molecule has 3 N–H and O–H groups in total. The molecule has 0 radical (unpaired) electrons. The number of amides is 3. The molecule has 1 aliphatic heterocycles. The highest BCUT2D eigenvalue weighted by Crippen LogP contribution is 2.26. The van der Waals surface area contributed by atoms with Crippen LogP contribution >= 0.6 is 0 Å². The predicted molar refractivity (Wildman–Crippen MR) is 110 cm³/mol. The second-order valence-electron chi connectivity index (χ2n) is 6.41. The first kappa shape index (κ1) is 18.4. The molecule has 1 aromatic heterocycles. The van der Waals surface area contributed by atoms with Gasteiger partial charge in [-0.25, -0.2) is 4.79 Å². The smallest absolute Gasteiger partial charge is 0.319 e. The van der Waals surface area contributed by atoms with Crippen LogP contribution in [0.15, 0.2) is 76.9 Å². The van der Waals surface area contributed by atoms with Crippen molar-refractivity contribution in [1.82, 2.24) is 5.32 Å². The summed E-state index contributed by atoms with van der Waals surface area (Å²) >= 11 is 0. The number of carbonyl (C=O) groups is 2. The number of fused-ring (bicyclic) bond motifs is 1. The van der Waals surface area contributed by atoms with Crippen LogP contribution in [-0.4, -0.2) is 18.5 Å². The maximum Gasteiger partial charge on any atom is 0.319 e. The Morgan fingerprint density at radius 2 is 1.66 bits per heavy atom. The van der Waals surface area contributed by atoms with E-state index in [4.69, 9.17) is 9.15 Å². The van der Waals surface area contributed by atoms with E-state index in [2.05, 4.69) is 16.0 Å². The Morgan fingerprint density at radius 3 is 2.41 bits per heavy atom. The molecule has 0 fully saturated rings. The number of rotatable bonds is 5. The van der Waals surface area contributed by atoms with Crippen LogP contribution in [0.5, 0.6) is 5.75 Å². The van der Waals surface area contributed by atoms with Crippen LogP contribution in [0.2, 0.25) is 0 Å². The summed E-state index contributed by atoms with van der Waals surface area (Å²) in [5.41, 5.74) is 2.65. The molecule has 0 aliphatic carbocycles. The molecule has 4 rings (SSSR count). The summed E-state index contributed by atoms with van der Waals surface area (Å²) in [6, 6.07) is 17.6. The molecule has 0 spiro atoms. The van der Waals surface area contributed by atoms with Crippen molar-refractivity contribution < 1.29 is 18.7 Å². The Labute approximate surface area is 167 Å². The minimum Gasteiger partial charge on any atom is -0.488 e. The highest BCUT2D eigenvalue weighted by Gasteiger charge is 2.17. The number of nitrogens with one attached hydrogen (secondary N) is 3. The van der Waals surface area contributed by atoms with Crippen molar-refractivity contribution >= 4 is 29.4 Å². The summed E-state index contributed by atoms with van der Waals surface area (Å²) in [5.74, 6) is 1.21. The lowest BCUT2D eigenvalue weighted by molar-refractivity contribution is -0.113. The average Bonchev–Trinajstić information content (AvgIpc) is 3.27. The number of carbonyl (C=O) groups excluding carboxylic acids is 2. The highest BCUT2D eigenvalue weighted by atomic mass is 16.5. The monoisotopic (exact) mass is 389 g/mol. The normalized spacial score (nSPS) is 12.2. The van der Waals surface area contributed by atoms with Gasteiger partial charge >= 0.3 is 6.03 Å². The fraction of sp³-hybridized carbons (Fsp3) is 0.0909. The molecule has 0 saturated carbocycles. The van der Waals surface area contributed by atoms with Gasteiger partial charge in [-0.15, -0.1) is 0 Å². The van der Waals surface area contributed by atoms with Gasteiger partial charge in [0.1, 0.15) is 18.1 Å². The number of para-hydroxylation sites is 1. The van der Waals surface area contributed by atoms with Crippen LogP contribution in [0, 0.1) is 0 Å². The third-order valence-electron chi connectivity index (χ3n) is 4.33. The molecule has 1 aliphatic rings. The summed E-state index contributed by atoms with van der Waals surface area (Å²) in [6.07, 6.45) is 3.38. The number of hydrogen-bond donors (Lipinski definition) is 3. The minimum atomic E-state index is -0.346. The summed E-state index contributed by atoms with van der Waals surface area (Å²) in [4.78, 5) is 24.4. The maximum absolute atomic E-state index is 12.5. The molecule has 7 heteroatoms. The number of urea groups is 1. The third kappa shape index (κ3) is 4.65. The molecule has 3 amide bonds. The van der Waals surface area contributed by atoms with E-state index in [1.165, 1.54) is 0 Å². The molecular weight excluding hydrogens is 370 g/mol. The fourth-order valence-electron chi connectivity index (χ4n) is 2.85. The number of hydrogen-bond acceptors (Lipinski definition) is 4. The second kappa shape index (κ2) is 8.35. The highest BCUT2D eigenvalue weighted by molar-refractivity contribution is 6.07. The van der Waals surface area contributed by atoms with E-state index >= 15 is 0 Å². The molecule has 0 unspecified atom stereocenters. The van der Waals surface area contributed by atoms with Crippen molar-refractivity contribution in [3.8, 4) is 5.75 Å². The first-order chi connectivity index (χ1) is 14.2. The van der Waals surface area contributed by atoms with Gasteiger partial charge in [0, 0.05) is 16.9 Å². The molecular formula is C22H19N3O4. The van der Waals surface area contributed by atoms with Crippen LogP contribution in [-0.2, 0) is 11.3 Å². The number of anilines is 2. The quantitative estimate of drug-likeness (QED) is 0.615. The standard InChI is InChI=1S/C22H19N3O4/c26-21(16-12-15-4-1-2-6-20(15)29-14-16)24-17-7-9-18(10-8-17)25-22(27)23-13-19-5-3-11-28-19/h1-12H,13-14H2,(H,24,26)(H2,23,25,27). The van der Waals surface area contributed by atoms with E-state index in [0.717, 1.165) is 11.3 Å². The van der Waals surface area contributed by atoms with Gasteiger partial charge in [0.25, 0.3) is 5.91 Å². The van der Waals surface area contributed by atoms with E-state index in [0.29, 0.717) is 29.3 Å². The van der Waals surface area contributed by atoms with Crippen molar-refractivity contribution in [1.29, 1.82) is 0 Å². The third-order valence-corrected chi connectivity index (χ3v) is 4.33. The second-order valence-corrected chi connectivity index (χ2v) is 6.41. The Balaban J connectivity index is 1.32. The molecule has 2 aromatic carbocycles. The maximum atomic E-state index is 12.5. The topological polar surface area (TPSA) is 92.6 Å². The molecule has 3 aromatic rings. The van der Waals surface area contributed by atoms with Gasteiger partial charge in [0.2, 0.25) is 0 Å². The van der Waals surface area contributed by atoms with Crippen molar-refractivity contribution in [2.75, 3.05) is 17.2 Å². The van der Waals surface area contributed by atoms with Gasteiger partial charge in [-0.3, -0.25) is 4.79 Å². The van der Waals surface area contributed by atoms with Crippen LogP contribution in [0.25, 0.3) is 6.08 Å². The number of benzene rings is 2. The van der Waals surface area contributed by atoms with Crippen molar-refractivity contribution in [2.45, 2.75) is 6.54 Å². The van der Waals surface area contributed by atoms with Crippen molar-refractivity contribution in [2.24, 2.45) is 0 Å². The van der Waals surface area contributed by atoms with Gasteiger partial charge in [0.05, 0.1) is 18.4 Å². The summed E-state index contributed by atoms with van der Waals surface area (Å²) < 4.78 is 10.8. The molecule has 0 bridgehead atoms. The number of ether oxygens (including phenoxy) is 1. The van der Waals surface area contributed by atoms with Crippen molar-refractivity contribution in [3.05, 3.63) is 83.8 Å². The van der Waals surface area contributed by atoms with Crippen molar-refractivity contribution in [3.63, 3.8) is 0 Å².